The Bertz CT molecular complexity index is 1390. The highest BCUT2D eigenvalue weighted by Gasteiger charge is 2.41. The zero-order valence-electron chi connectivity index (χ0n) is 16.1. The third kappa shape index (κ3) is 3.56. The van der Waals surface area contributed by atoms with E-state index in [9.17, 15) is 14.7 Å². The van der Waals surface area contributed by atoms with Gasteiger partial charge < -0.3 is 5.11 Å². The average Bonchev–Trinajstić information content (AvgIpc) is 3.13. The summed E-state index contributed by atoms with van der Waals surface area (Å²) in [7, 11) is 0. The van der Waals surface area contributed by atoms with E-state index in [0.717, 1.165) is 11.1 Å². The van der Waals surface area contributed by atoms with Crippen LogP contribution in [0.25, 0.3) is 21.6 Å². The van der Waals surface area contributed by atoms with Crippen molar-refractivity contribution in [3.63, 3.8) is 0 Å². The molecule has 1 aliphatic carbocycles. The molecule has 156 valence electrons. The predicted octanol–water partition coefficient (Wildman–Crippen LogP) is 5.49. The van der Waals surface area contributed by atoms with E-state index in [1.807, 2.05) is 36.4 Å². The van der Waals surface area contributed by atoms with Crippen molar-refractivity contribution in [2.24, 2.45) is 0 Å². The minimum atomic E-state index is -0.801. The molecule has 0 aliphatic heterocycles. The Morgan fingerprint density at radius 2 is 1.87 bits per heavy atom. The van der Waals surface area contributed by atoms with Gasteiger partial charge in [-0.05, 0) is 36.1 Å². The van der Waals surface area contributed by atoms with Crippen molar-refractivity contribution in [1.82, 2.24) is 9.55 Å². The molecule has 2 aromatic heterocycles. The molecule has 0 fully saturated rings. The maximum absolute atomic E-state index is 13.7. The van der Waals surface area contributed by atoms with E-state index in [1.165, 1.54) is 11.3 Å². The first kappa shape index (κ1) is 20.6. The molecule has 2 aromatic carbocycles. The number of aromatic hydroxyl groups is 1. The number of thiophene rings is 1. The Morgan fingerprint density at radius 3 is 2.61 bits per heavy atom. The molecule has 5 rings (SSSR count). The van der Waals surface area contributed by atoms with Crippen LogP contribution in [0.15, 0.2) is 59.4 Å². The summed E-state index contributed by atoms with van der Waals surface area (Å²) in [6.45, 7) is 0.340. The number of fused-ring (bicyclic) bond motifs is 3. The quantitative estimate of drug-likeness (QED) is 0.337. The molecular formula is C23H16Br2N2O3S. The van der Waals surface area contributed by atoms with Crippen LogP contribution in [0.5, 0.6) is 5.75 Å². The smallest absolute Gasteiger partial charge is 0.263 e. The highest BCUT2D eigenvalue weighted by molar-refractivity contribution is 9.26. The lowest BCUT2D eigenvalue weighted by Crippen LogP contribution is -2.30. The van der Waals surface area contributed by atoms with Gasteiger partial charge in [0.25, 0.3) is 5.56 Å². The van der Waals surface area contributed by atoms with Gasteiger partial charge in [-0.1, -0.05) is 74.3 Å². The molecule has 0 radical (unpaired) electrons. The number of carbonyl (C=O) groups excluding carboxylic acids is 1. The number of halogens is 2. The lowest BCUT2D eigenvalue weighted by Gasteiger charge is -2.23. The number of ketones is 1. The average molecular weight is 560 g/mol. The molecule has 0 saturated heterocycles. The topological polar surface area (TPSA) is 72.2 Å². The first-order valence-corrected chi connectivity index (χ1v) is 12.1. The van der Waals surface area contributed by atoms with E-state index in [-0.39, 0.29) is 17.1 Å². The third-order valence-electron chi connectivity index (χ3n) is 5.43. The van der Waals surface area contributed by atoms with Gasteiger partial charge in [0.2, 0.25) is 0 Å². The highest BCUT2D eigenvalue weighted by Crippen LogP contribution is 2.44. The predicted molar refractivity (Wildman–Crippen MR) is 130 cm³/mol. The van der Waals surface area contributed by atoms with Gasteiger partial charge in [0.05, 0.1) is 16.8 Å². The van der Waals surface area contributed by atoms with Crippen LogP contribution in [-0.4, -0.2) is 23.7 Å². The van der Waals surface area contributed by atoms with Crippen molar-refractivity contribution in [3.8, 4) is 17.1 Å². The zero-order chi connectivity index (χ0) is 21.8. The van der Waals surface area contributed by atoms with E-state index >= 15 is 0 Å². The number of phenols is 1. The van der Waals surface area contributed by atoms with Crippen LogP contribution in [0.3, 0.4) is 0 Å². The fraction of sp³-hybridized carbons (Fsp3) is 0.174. The summed E-state index contributed by atoms with van der Waals surface area (Å²) in [5, 5.41) is 10.5. The first-order valence-electron chi connectivity index (χ1n) is 9.67. The lowest BCUT2D eigenvalue weighted by atomic mass is 9.96. The molecule has 0 bridgehead atoms. The van der Waals surface area contributed by atoms with Crippen LogP contribution in [0, 0.1) is 0 Å². The second kappa shape index (κ2) is 7.69. The van der Waals surface area contributed by atoms with Crippen molar-refractivity contribution in [2.45, 2.75) is 22.6 Å². The molecule has 0 atom stereocenters. The minimum Gasteiger partial charge on any atom is -0.508 e. The highest BCUT2D eigenvalue weighted by atomic mass is 79.9. The van der Waals surface area contributed by atoms with Gasteiger partial charge >= 0.3 is 0 Å². The molecular weight excluding hydrogens is 544 g/mol. The zero-order valence-corrected chi connectivity index (χ0v) is 20.1. The van der Waals surface area contributed by atoms with Gasteiger partial charge in [-0.25, -0.2) is 4.98 Å². The molecule has 31 heavy (non-hydrogen) atoms. The van der Waals surface area contributed by atoms with Gasteiger partial charge in [0.15, 0.2) is 5.78 Å². The van der Waals surface area contributed by atoms with Gasteiger partial charge in [-0.15, -0.1) is 11.3 Å². The van der Waals surface area contributed by atoms with Crippen LogP contribution < -0.4 is 5.56 Å². The van der Waals surface area contributed by atoms with Crippen molar-refractivity contribution in [2.75, 3.05) is 0 Å². The fourth-order valence-electron chi connectivity index (χ4n) is 3.90. The molecule has 5 nitrogen and oxygen atoms in total. The van der Waals surface area contributed by atoms with Crippen molar-refractivity contribution in [3.05, 3.63) is 81.0 Å². The van der Waals surface area contributed by atoms with E-state index in [1.54, 1.807) is 22.8 Å². The number of hydrogen-bond donors (Lipinski definition) is 1. The largest absolute Gasteiger partial charge is 0.508 e. The Labute approximate surface area is 198 Å². The minimum absolute atomic E-state index is 0.0790. The van der Waals surface area contributed by atoms with E-state index in [4.69, 9.17) is 4.98 Å². The van der Waals surface area contributed by atoms with Crippen molar-refractivity contribution < 1.29 is 9.90 Å². The van der Waals surface area contributed by atoms with Crippen molar-refractivity contribution >= 4 is 59.2 Å². The van der Waals surface area contributed by atoms with Crippen LogP contribution in [0.1, 0.15) is 27.2 Å². The van der Waals surface area contributed by atoms with Gasteiger partial charge in [-0.2, -0.15) is 0 Å². The van der Waals surface area contributed by atoms with Gasteiger partial charge in [0, 0.05) is 5.56 Å². The number of carbonyl (C=O) groups is 1. The van der Waals surface area contributed by atoms with Crippen LogP contribution in [0.4, 0.5) is 0 Å². The van der Waals surface area contributed by atoms with Gasteiger partial charge in [-0.3, -0.25) is 14.2 Å². The van der Waals surface area contributed by atoms with E-state index in [2.05, 4.69) is 31.9 Å². The van der Waals surface area contributed by atoms with E-state index < -0.39 is 3.23 Å². The standard InChI is InChI=1S/C23H16Br2N2O3S/c24-23(25)10-9-16-17-21(31-18(16)19(23)29)26-20(14-7-4-8-15(28)11-14)27(22(17)30)12-13-5-2-1-3-6-13/h1-8,11,28H,9-10,12H2. The van der Waals surface area contributed by atoms with E-state index in [0.29, 0.717) is 45.9 Å². The summed E-state index contributed by atoms with van der Waals surface area (Å²) < 4.78 is 0.832. The molecule has 0 saturated carbocycles. The second-order valence-corrected chi connectivity index (χ2v) is 12.3. The van der Waals surface area contributed by atoms with Crippen LogP contribution in [-0.2, 0) is 13.0 Å². The summed E-state index contributed by atoms with van der Waals surface area (Å²) >= 11 is 8.18. The van der Waals surface area contributed by atoms with Crippen molar-refractivity contribution in [1.29, 1.82) is 0 Å². The Kier molecular flexibility index (Phi) is 5.11. The number of alkyl halides is 2. The fourth-order valence-corrected chi connectivity index (χ4v) is 6.19. The molecule has 1 N–H and O–H groups in total. The molecule has 8 heteroatoms. The number of phenolic OH excluding ortho intramolecular Hbond substituents is 1. The number of rotatable bonds is 3. The summed E-state index contributed by atoms with van der Waals surface area (Å²) in [6, 6.07) is 16.4. The molecule has 0 unspecified atom stereocenters. The summed E-state index contributed by atoms with van der Waals surface area (Å²) in [6.07, 6.45) is 1.16. The summed E-state index contributed by atoms with van der Waals surface area (Å²) in [5.74, 6) is 0.485. The first-order chi connectivity index (χ1) is 14.8. The number of nitrogens with zero attached hydrogens (tertiary/aromatic N) is 2. The maximum atomic E-state index is 13.7. The molecule has 0 spiro atoms. The molecule has 2 heterocycles. The number of hydrogen-bond acceptors (Lipinski definition) is 5. The number of Topliss-reactive ketones (excluding diaryl/α,β-unsaturated/α-hetero) is 1. The molecule has 1 aliphatic rings. The molecule has 0 amide bonds. The third-order valence-corrected chi connectivity index (χ3v) is 8.06. The SMILES string of the molecule is O=C1c2sc3nc(-c4cccc(O)c4)n(Cc4ccccc4)c(=O)c3c2CCC1(Br)Br. The Hall–Kier alpha value is -2.29. The normalized spacial score (nSPS) is 15.2. The Morgan fingerprint density at radius 1 is 1.10 bits per heavy atom. The number of aromatic nitrogens is 2. The monoisotopic (exact) mass is 558 g/mol. The van der Waals surface area contributed by atoms with Gasteiger partial charge in [0.1, 0.15) is 19.6 Å². The summed E-state index contributed by atoms with van der Waals surface area (Å²) in [5.41, 5.74) is 2.21. The Balaban J connectivity index is 1.80. The van der Waals surface area contributed by atoms with Crippen LogP contribution in [0.2, 0.25) is 0 Å². The van der Waals surface area contributed by atoms with Crippen LogP contribution >= 0.6 is 43.2 Å². The number of aryl methyl sites for hydroxylation is 1. The molecule has 4 aromatic rings. The second-order valence-electron chi connectivity index (χ2n) is 7.49. The summed E-state index contributed by atoms with van der Waals surface area (Å²) in [4.78, 5) is 32.6. The maximum Gasteiger partial charge on any atom is 0.263 e. The lowest BCUT2D eigenvalue weighted by molar-refractivity contribution is 0.0977. The number of benzene rings is 2.